The Morgan fingerprint density at radius 3 is 2.32 bits per heavy atom. The highest BCUT2D eigenvalue weighted by Gasteiger charge is 2.22. The molecule has 5 heteroatoms. The summed E-state index contributed by atoms with van der Waals surface area (Å²) < 4.78 is 0. The molecule has 0 radical (unpaired) electrons. The number of nitrogens with one attached hydrogen (secondary N) is 1. The van der Waals surface area contributed by atoms with E-state index in [4.69, 9.17) is 34.3 Å². The third-order valence-corrected chi connectivity index (χ3v) is 4.27. The maximum absolute atomic E-state index is 7.79. The molecule has 1 fully saturated rings. The Kier molecular flexibility index (Phi) is 4.94. The van der Waals surface area contributed by atoms with E-state index in [1.165, 1.54) is 32.1 Å². The number of hydrogen-bond acceptors (Lipinski definition) is 1. The Balaban J connectivity index is 2.22. The third-order valence-electron chi connectivity index (χ3n) is 3.66. The van der Waals surface area contributed by atoms with E-state index in [0.29, 0.717) is 21.7 Å². The van der Waals surface area contributed by atoms with Crippen molar-refractivity contribution in [3.05, 3.63) is 28.2 Å². The summed E-state index contributed by atoms with van der Waals surface area (Å²) in [5, 5.41) is 8.87. The van der Waals surface area contributed by atoms with Crippen LogP contribution in [0.1, 0.15) is 32.1 Å². The molecule has 1 aliphatic carbocycles. The van der Waals surface area contributed by atoms with Gasteiger partial charge >= 0.3 is 0 Å². The number of halogens is 2. The van der Waals surface area contributed by atoms with E-state index in [1.54, 1.807) is 23.1 Å². The Morgan fingerprint density at radius 2 is 1.79 bits per heavy atom. The molecule has 1 aromatic rings. The van der Waals surface area contributed by atoms with Crippen LogP contribution in [0.3, 0.4) is 0 Å². The van der Waals surface area contributed by atoms with Gasteiger partial charge in [0.2, 0.25) is 0 Å². The first-order valence-corrected chi connectivity index (χ1v) is 7.40. The maximum atomic E-state index is 7.79. The van der Waals surface area contributed by atoms with Crippen molar-refractivity contribution in [3.63, 3.8) is 0 Å². The SMILES string of the molecule is N=C(N)N(CC1CCCCC1)c1c(Cl)cccc1Cl. The van der Waals surface area contributed by atoms with Crippen molar-refractivity contribution < 1.29 is 0 Å². The van der Waals surface area contributed by atoms with E-state index >= 15 is 0 Å². The Bertz CT molecular complexity index is 436. The summed E-state index contributed by atoms with van der Waals surface area (Å²) in [6, 6.07) is 5.35. The van der Waals surface area contributed by atoms with Gasteiger partial charge in [0.25, 0.3) is 0 Å². The Hall–Kier alpha value is -0.930. The van der Waals surface area contributed by atoms with Crippen molar-refractivity contribution in [2.24, 2.45) is 11.7 Å². The molecule has 0 unspecified atom stereocenters. The van der Waals surface area contributed by atoms with E-state index in [2.05, 4.69) is 0 Å². The predicted molar refractivity (Wildman–Crippen MR) is 82.3 cm³/mol. The minimum absolute atomic E-state index is 0.000531. The average Bonchev–Trinajstić information content (AvgIpc) is 2.38. The molecule has 0 aliphatic heterocycles. The van der Waals surface area contributed by atoms with Crippen molar-refractivity contribution in [2.45, 2.75) is 32.1 Å². The fourth-order valence-corrected chi connectivity index (χ4v) is 3.29. The van der Waals surface area contributed by atoms with Gasteiger partial charge in [-0.3, -0.25) is 5.41 Å². The number of nitrogens with two attached hydrogens (primary N) is 1. The zero-order valence-corrected chi connectivity index (χ0v) is 12.3. The lowest BCUT2D eigenvalue weighted by Gasteiger charge is -2.31. The van der Waals surface area contributed by atoms with Crippen molar-refractivity contribution in [2.75, 3.05) is 11.4 Å². The van der Waals surface area contributed by atoms with Crippen LogP contribution < -0.4 is 10.6 Å². The van der Waals surface area contributed by atoms with Crippen LogP contribution in [0.5, 0.6) is 0 Å². The second-order valence-corrected chi connectivity index (χ2v) is 5.88. The first-order valence-electron chi connectivity index (χ1n) is 6.65. The predicted octanol–water partition coefficient (Wildman–Crippen LogP) is 4.27. The highest BCUT2D eigenvalue weighted by atomic mass is 35.5. The summed E-state index contributed by atoms with van der Waals surface area (Å²) in [4.78, 5) is 1.74. The molecule has 19 heavy (non-hydrogen) atoms. The molecular formula is C14H19Cl2N3. The van der Waals surface area contributed by atoms with Crippen LogP contribution in [-0.2, 0) is 0 Å². The van der Waals surface area contributed by atoms with Crippen molar-refractivity contribution >= 4 is 34.8 Å². The number of rotatable bonds is 3. The van der Waals surface area contributed by atoms with Gasteiger partial charge in [0, 0.05) is 6.54 Å². The smallest absolute Gasteiger partial charge is 0.193 e. The highest BCUT2D eigenvalue weighted by molar-refractivity contribution is 6.39. The molecule has 1 aromatic carbocycles. The normalized spacial score (nSPS) is 16.3. The average molecular weight is 300 g/mol. The molecule has 0 saturated heterocycles. The number of hydrogen-bond donors (Lipinski definition) is 2. The van der Waals surface area contributed by atoms with Crippen LogP contribution in [0, 0.1) is 11.3 Å². The molecule has 104 valence electrons. The van der Waals surface area contributed by atoms with E-state index in [1.807, 2.05) is 0 Å². The van der Waals surface area contributed by atoms with E-state index in [-0.39, 0.29) is 5.96 Å². The van der Waals surface area contributed by atoms with Gasteiger partial charge in [-0.05, 0) is 30.9 Å². The summed E-state index contributed by atoms with van der Waals surface area (Å²) >= 11 is 12.4. The van der Waals surface area contributed by atoms with Gasteiger partial charge in [-0.1, -0.05) is 48.5 Å². The van der Waals surface area contributed by atoms with Gasteiger partial charge in [0.15, 0.2) is 5.96 Å². The molecule has 3 nitrogen and oxygen atoms in total. The van der Waals surface area contributed by atoms with Crippen LogP contribution in [0.2, 0.25) is 10.0 Å². The summed E-state index contributed by atoms with van der Waals surface area (Å²) in [6.45, 7) is 0.721. The number of benzene rings is 1. The second kappa shape index (κ2) is 6.49. The molecule has 0 spiro atoms. The van der Waals surface area contributed by atoms with Crippen molar-refractivity contribution in [3.8, 4) is 0 Å². The summed E-state index contributed by atoms with van der Waals surface area (Å²) in [5.41, 5.74) is 6.37. The number of guanidine groups is 1. The molecule has 0 bridgehead atoms. The zero-order chi connectivity index (χ0) is 13.8. The van der Waals surface area contributed by atoms with E-state index in [9.17, 15) is 0 Å². The van der Waals surface area contributed by atoms with Crippen LogP contribution in [0.15, 0.2) is 18.2 Å². The molecule has 2 rings (SSSR count). The van der Waals surface area contributed by atoms with E-state index in [0.717, 1.165) is 6.54 Å². The van der Waals surface area contributed by atoms with Gasteiger partial charge in [0.1, 0.15) is 0 Å². The van der Waals surface area contributed by atoms with Gasteiger partial charge in [-0.25, -0.2) is 0 Å². The lowest BCUT2D eigenvalue weighted by atomic mass is 9.89. The van der Waals surface area contributed by atoms with Crippen LogP contribution in [0.25, 0.3) is 0 Å². The molecule has 3 N–H and O–H groups in total. The molecular weight excluding hydrogens is 281 g/mol. The lowest BCUT2D eigenvalue weighted by Crippen LogP contribution is -2.40. The molecule has 0 heterocycles. The van der Waals surface area contributed by atoms with Gasteiger partial charge < -0.3 is 10.6 Å². The van der Waals surface area contributed by atoms with Crippen molar-refractivity contribution in [1.82, 2.24) is 0 Å². The first-order chi connectivity index (χ1) is 9.09. The number of nitrogens with zero attached hydrogens (tertiary/aromatic N) is 1. The minimum Gasteiger partial charge on any atom is -0.370 e. The summed E-state index contributed by atoms with van der Waals surface area (Å²) in [6.07, 6.45) is 6.19. The van der Waals surface area contributed by atoms with E-state index < -0.39 is 0 Å². The van der Waals surface area contributed by atoms with Crippen molar-refractivity contribution in [1.29, 1.82) is 5.41 Å². The fourth-order valence-electron chi connectivity index (χ4n) is 2.68. The first kappa shape index (κ1) is 14.5. The maximum Gasteiger partial charge on any atom is 0.193 e. The third kappa shape index (κ3) is 3.54. The fraction of sp³-hybridized carbons (Fsp3) is 0.500. The van der Waals surface area contributed by atoms with Crippen LogP contribution >= 0.6 is 23.2 Å². The second-order valence-electron chi connectivity index (χ2n) is 5.07. The molecule has 0 atom stereocenters. The Morgan fingerprint density at radius 1 is 1.21 bits per heavy atom. The quantitative estimate of drug-likeness (QED) is 0.647. The summed E-state index contributed by atoms with van der Waals surface area (Å²) in [7, 11) is 0. The topological polar surface area (TPSA) is 53.1 Å². The van der Waals surface area contributed by atoms with Gasteiger partial charge in [-0.15, -0.1) is 0 Å². The number of anilines is 1. The molecule has 1 saturated carbocycles. The molecule has 0 amide bonds. The molecule has 1 aliphatic rings. The van der Waals surface area contributed by atoms with Crippen LogP contribution in [0.4, 0.5) is 5.69 Å². The summed E-state index contributed by atoms with van der Waals surface area (Å²) in [5.74, 6) is 0.561. The van der Waals surface area contributed by atoms with Crippen LogP contribution in [-0.4, -0.2) is 12.5 Å². The minimum atomic E-state index is 0.000531. The lowest BCUT2D eigenvalue weighted by molar-refractivity contribution is 0.366. The standard InChI is InChI=1S/C14H19Cl2N3/c15-11-7-4-8-12(16)13(11)19(14(17)18)9-10-5-2-1-3-6-10/h4,7-8,10H,1-3,5-6,9H2,(H3,17,18). The van der Waals surface area contributed by atoms with Gasteiger partial charge in [0.05, 0.1) is 15.7 Å². The highest BCUT2D eigenvalue weighted by Crippen LogP contribution is 2.35. The monoisotopic (exact) mass is 299 g/mol. The number of para-hydroxylation sites is 1. The Labute approximate surface area is 124 Å². The molecule has 0 aromatic heterocycles. The van der Waals surface area contributed by atoms with Gasteiger partial charge in [-0.2, -0.15) is 0 Å². The zero-order valence-electron chi connectivity index (χ0n) is 10.8. The largest absolute Gasteiger partial charge is 0.370 e.